The van der Waals surface area contributed by atoms with Crippen molar-refractivity contribution in [2.45, 2.75) is 38.4 Å². The van der Waals surface area contributed by atoms with Gasteiger partial charge < -0.3 is 14.0 Å². The zero-order valence-electron chi connectivity index (χ0n) is 12.7. The molecular weight excluding hydrogens is 270 g/mol. The van der Waals surface area contributed by atoms with Crippen molar-refractivity contribution >= 4 is 5.65 Å². The van der Waals surface area contributed by atoms with Gasteiger partial charge in [0.25, 0.3) is 5.56 Å². The highest BCUT2D eigenvalue weighted by atomic mass is 16.7. The molecule has 21 heavy (non-hydrogen) atoms. The first kappa shape index (κ1) is 14.3. The number of nitrogens with zero attached hydrogens (tertiary/aromatic N) is 3. The van der Waals surface area contributed by atoms with Gasteiger partial charge in [0.05, 0.1) is 5.69 Å². The summed E-state index contributed by atoms with van der Waals surface area (Å²) >= 11 is 0. The summed E-state index contributed by atoms with van der Waals surface area (Å²) in [7, 11) is 3.52. The summed E-state index contributed by atoms with van der Waals surface area (Å²) in [5.74, 6) is 0.530. The van der Waals surface area contributed by atoms with Crippen LogP contribution in [0.4, 0.5) is 0 Å². The van der Waals surface area contributed by atoms with Crippen LogP contribution in [0.5, 0.6) is 0 Å². The standard InChI is InChI=1S/C15H21N3O3/c1-4-21-14(20-3)7-11-9-17(2)13-8-12(10-5-6-10)16-18(13)15(11)19/h8-10,14H,4-7H2,1-3H3. The molecule has 0 aromatic carbocycles. The Bertz CT molecular complexity index is 700. The molecule has 0 radical (unpaired) electrons. The molecule has 1 atom stereocenters. The summed E-state index contributed by atoms with van der Waals surface area (Å²) in [5, 5.41) is 4.48. The molecule has 0 saturated heterocycles. The number of aryl methyl sites for hydroxylation is 1. The van der Waals surface area contributed by atoms with Crippen LogP contribution in [0.3, 0.4) is 0 Å². The largest absolute Gasteiger partial charge is 0.356 e. The van der Waals surface area contributed by atoms with Gasteiger partial charge in [-0.2, -0.15) is 9.61 Å². The molecule has 0 bridgehead atoms. The van der Waals surface area contributed by atoms with Gasteiger partial charge in [0.1, 0.15) is 5.65 Å². The van der Waals surface area contributed by atoms with Crippen molar-refractivity contribution < 1.29 is 9.47 Å². The number of aromatic nitrogens is 3. The molecule has 1 unspecified atom stereocenters. The first-order valence-corrected chi connectivity index (χ1v) is 7.36. The first-order chi connectivity index (χ1) is 10.1. The van der Waals surface area contributed by atoms with Crippen LogP contribution in [0.25, 0.3) is 5.65 Å². The zero-order chi connectivity index (χ0) is 15.0. The molecule has 1 saturated carbocycles. The Labute approximate surface area is 123 Å². The maximum atomic E-state index is 12.6. The van der Waals surface area contributed by atoms with Crippen LogP contribution in [-0.2, 0) is 22.9 Å². The number of rotatable bonds is 6. The van der Waals surface area contributed by atoms with Gasteiger partial charge in [0, 0.05) is 50.9 Å². The minimum Gasteiger partial charge on any atom is -0.356 e. The van der Waals surface area contributed by atoms with Crippen LogP contribution in [0.2, 0.25) is 0 Å². The van der Waals surface area contributed by atoms with Gasteiger partial charge in [-0.1, -0.05) is 0 Å². The highest BCUT2D eigenvalue weighted by Gasteiger charge is 2.27. The van der Waals surface area contributed by atoms with Crippen LogP contribution >= 0.6 is 0 Å². The van der Waals surface area contributed by atoms with Gasteiger partial charge in [0.15, 0.2) is 6.29 Å². The van der Waals surface area contributed by atoms with Gasteiger partial charge in [-0.25, -0.2) is 0 Å². The molecule has 0 N–H and O–H groups in total. The number of ether oxygens (including phenoxy) is 2. The molecule has 1 aliphatic carbocycles. The van der Waals surface area contributed by atoms with E-state index in [4.69, 9.17) is 9.47 Å². The molecule has 6 nitrogen and oxygen atoms in total. The minimum absolute atomic E-state index is 0.0863. The predicted molar refractivity (Wildman–Crippen MR) is 78.5 cm³/mol. The lowest BCUT2D eigenvalue weighted by atomic mass is 10.2. The average Bonchev–Trinajstić information content (AvgIpc) is 3.22. The van der Waals surface area contributed by atoms with E-state index in [1.54, 1.807) is 7.11 Å². The third kappa shape index (κ3) is 2.73. The number of fused-ring (bicyclic) bond motifs is 1. The van der Waals surface area contributed by atoms with E-state index in [0.29, 0.717) is 24.5 Å². The van der Waals surface area contributed by atoms with Crippen LogP contribution in [-0.4, -0.2) is 34.2 Å². The highest BCUT2D eigenvalue weighted by Crippen LogP contribution is 2.39. The Hall–Kier alpha value is -1.66. The summed E-state index contributed by atoms with van der Waals surface area (Å²) in [6.45, 7) is 2.46. The van der Waals surface area contributed by atoms with Gasteiger partial charge in [0.2, 0.25) is 0 Å². The van der Waals surface area contributed by atoms with E-state index >= 15 is 0 Å². The lowest BCUT2D eigenvalue weighted by Gasteiger charge is -2.15. The fourth-order valence-electron chi connectivity index (χ4n) is 2.58. The molecule has 0 spiro atoms. The highest BCUT2D eigenvalue weighted by molar-refractivity contribution is 5.43. The van der Waals surface area contributed by atoms with E-state index < -0.39 is 6.29 Å². The topological polar surface area (TPSA) is 57.8 Å². The van der Waals surface area contributed by atoms with Crippen LogP contribution < -0.4 is 5.56 Å². The van der Waals surface area contributed by atoms with Gasteiger partial charge in [-0.3, -0.25) is 4.79 Å². The van der Waals surface area contributed by atoms with Crippen molar-refractivity contribution in [1.82, 2.24) is 14.2 Å². The molecule has 114 valence electrons. The quantitative estimate of drug-likeness (QED) is 0.756. The van der Waals surface area contributed by atoms with Crippen LogP contribution in [0.1, 0.15) is 36.9 Å². The van der Waals surface area contributed by atoms with Gasteiger partial charge in [-0.05, 0) is 19.8 Å². The summed E-state index contributed by atoms with van der Waals surface area (Å²) in [6, 6.07) is 2.01. The van der Waals surface area contributed by atoms with Crippen molar-refractivity contribution in [3.63, 3.8) is 0 Å². The van der Waals surface area contributed by atoms with E-state index in [2.05, 4.69) is 5.10 Å². The lowest BCUT2D eigenvalue weighted by Crippen LogP contribution is -2.27. The molecule has 1 aliphatic rings. The summed E-state index contributed by atoms with van der Waals surface area (Å²) in [4.78, 5) is 12.6. The van der Waals surface area contributed by atoms with Crippen molar-refractivity contribution in [2.75, 3.05) is 13.7 Å². The molecule has 1 fully saturated rings. The van der Waals surface area contributed by atoms with Crippen LogP contribution in [0.15, 0.2) is 17.1 Å². The Morgan fingerprint density at radius 1 is 1.48 bits per heavy atom. The van der Waals surface area contributed by atoms with E-state index in [9.17, 15) is 4.79 Å². The molecule has 6 heteroatoms. The molecule has 2 aromatic heterocycles. The second-order valence-electron chi connectivity index (χ2n) is 5.51. The summed E-state index contributed by atoms with van der Waals surface area (Å²) in [6.07, 6.45) is 4.21. The third-order valence-corrected chi connectivity index (χ3v) is 3.89. The maximum absolute atomic E-state index is 12.6. The maximum Gasteiger partial charge on any atom is 0.277 e. The van der Waals surface area contributed by atoms with Crippen molar-refractivity contribution in [2.24, 2.45) is 7.05 Å². The zero-order valence-corrected chi connectivity index (χ0v) is 12.7. The van der Waals surface area contributed by atoms with E-state index in [1.165, 1.54) is 17.4 Å². The Balaban J connectivity index is 1.99. The smallest absolute Gasteiger partial charge is 0.277 e. The fraction of sp³-hybridized carbons (Fsp3) is 0.600. The van der Waals surface area contributed by atoms with Crippen molar-refractivity contribution in [3.05, 3.63) is 33.9 Å². The predicted octanol–water partition coefficient (Wildman–Crippen LogP) is 1.46. The number of hydrogen-bond acceptors (Lipinski definition) is 4. The molecule has 2 heterocycles. The van der Waals surface area contributed by atoms with Crippen LogP contribution in [0, 0.1) is 0 Å². The fourth-order valence-corrected chi connectivity index (χ4v) is 2.58. The average molecular weight is 291 g/mol. The van der Waals surface area contributed by atoms with E-state index in [0.717, 1.165) is 11.3 Å². The second-order valence-corrected chi connectivity index (χ2v) is 5.51. The summed E-state index contributed by atoms with van der Waals surface area (Å²) < 4.78 is 14.2. The molecular formula is C15H21N3O3. The van der Waals surface area contributed by atoms with E-state index in [-0.39, 0.29) is 5.56 Å². The molecule has 3 rings (SSSR count). The molecule has 0 aliphatic heterocycles. The lowest BCUT2D eigenvalue weighted by molar-refractivity contribution is -0.118. The Kier molecular flexibility index (Phi) is 3.82. The second kappa shape index (κ2) is 5.61. The monoisotopic (exact) mass is 291 g/mol. The number of hydrogen-bond donors (Lipinski definition) is 0. The normalized spacial score (nSPS) is 16.5. The Morgan fingerprint density at radius 2 is 2.24 bits per heavy atom. The number of methoxy groups -OCH3 is 1. The SMILES string of the molecule is CCOC(Cc1cn(C)c2cc(C3CC3)nn2c1=O)OC. The Morgan fingerprint density at radius 3 is 2.86 bits per heavy atom. The minimum atomic E-state index is -0.404. The summed E-state index contributed by atoms with van der Waals surface area (Å²) in [5.41, 5.74) is 2.41. The van der Waals surface area contributed by atoms with Gasteiger partial charge >= 0.3 is 0 Å². The van der Waals surface area contributed by atoms with Crippen molar-refractivity contribution in [3.8, 4) is 0 Å². The van der Waals surface area contributed by atoms with Gasteiger partial charge in [-0.15, -0.1) is 0 Å². The first-order valence-electron chi connectivity index (χ1n) is 7.36. The molecule has 0 amide bonds. The van der Waals surface area contributed by atoms with Crippen molar-refractivity contribution in [1.29, 1.82) is 0 Å². The third-order valence-electron chi connectivity index (χ3n) is 3.89. The van der Waals surface area contributed by atoms with E-state index in [1.807, 2.05) is 30.8 Å². The molecule has 2 aromatic rings.